The van der Waals surface area contributed by atoms with Crippen molar-refractivity contribution in [2.24, 2.45) is 17.3 Å². The summed E-state index contributed by atoms with van der Waals surface area (Å²) in [5, 5.41) is 12.4. The Morgan fingerprint density at radius 3 is 2.52 bits per heavy atom. The summed E-state index contributed by atoms with van der Waals surface area (Å²) in [6.45, 7) is 0.546. The van der Waals surface area contributed by atoms with Crippen LogP contribution in [0.4, 0.5) is 18.0 Å². The number of nitrogens with zero attached hydrogens (tertiary/aromatic N) is 1. The molecule has 0 spiro atoms. The lowest BCUT2D eigenvalue weighted by Gasteiger charge is -2.34. The van der Waals surface area contributed by atoms with Gasteiger partial charge in [-0.2, -0.15) is 13.2 Å². The monoisotopic (exact) mass is 362 g/mol. The second-order valence-corrected chi connectivity index (χ2v) is 7.85. The molecular weight excluding hydrogens is 337 g/mol. The van der Waals surface area contributed by atoms with Crippen LogP contribution < -0.4 is 5.32 Å². The fraction of sp³-hybridized carbons (Fsp3) is 0.882. The summed E-state index contributed by atoms with van der Waals surface area (Å²) in [7, 11) is 0. The molecule has 0 bridgehead atoms. The van der Waals surface area contributed by atoms with E-state index in [0.717, 1.165) is 25.7 Å². The first-order valence-corrected chi connectivity index (χ1v) is 9.07. The second kappa shape index (κ2) is 6.68. The first kappa shape index (κ1) is 18.3. The quantitative estimate of drug-likeness (QED) is 0.808. The van der Waals surface area contributed by atoms with Crippen LogP contribution in [0.25, 0.3) is 0 Å². The lowest BCUT2D eigenvalue weighted by Crippen LogP contribution is -2.49. The molecule has 5 nitrogen and oxygen atoms in total. The highest BCUT2D eigenvalue weighted by atomic mass is 19.4. The largest absolute Gasteiger partial charge is 0.481 e. The van der Waals surface area contributed by atoms with Crippen molar-refractivity contribution in [2.75, 3.05) is 13.1 Å². The molecule has 2 N–H and O–H groups in total. The van der Waals surface area contributed by atoms with Gasteiger partial charge in [-0.3, -0.25) is 4.79 Å². The van der Waals surface area contributed by atoms with Crippen LogP contribution in [-0.4, -0.2) is 47.3 Å². The molecule has 0 radical (unpaired) electrons. The Labute approximate surface area is 144 Å². The van der Waals surface area contributed by atoms with Gasteiger partial charge in [-0.15, -0.1) is 0 Å². The topological polar surface area (TPSA) is 69.6 Å². The van der Waals surface area contributed by atoms with Crippen LogP contribution in [0.2, 0.25) is 0 Å². The summed E-state index contributed by atoms with van der Waals surface area (Å²) in [6.07, 6.45) is -0.333. The Morgan fingerprint density at radius 2 is 1.88 bits per heavy atom. The minimum Gasteiger partial charge on any atom is -0.481 e. The summed E-state index contributed by atoms with van der Waals surface area (Å²) in [4.78, 5) is 25.7. The standard InChI is InChI=1S/C17H25F3N2O3/c18-17(19,20)8-11-4-1-2-6-13(11)21-15(25)22-9-12-5-3-7-16(12,10-22)14(23)24/h11-13H,1-10H2,(H,21,25)(H,23,24)/t11-,12-,13-,16+/m0/s1. The Bertz CT molecular complexity index is 540. The van der Waals surface area contributed by atoms with Gasteiger partial charge in [0.25, 0.3) is 0 Å². The van der Waals surface area contributed by atoms with E-state index in [2.05, 4.69) is 5.32 Å². The van der Waals surface area contributed by atoms with E-state index in [9.17, 15) is 27.9 Å². The van der Waals surface area contributed by atoms with E-state index in [-0.39, 0.29) is 12.5 Å². The number of hydrogen-bond acceptors (Lipinski definition) is 2. The third-order valence-corrected chi connectivity index (χ3v) is 6.30. The van der Waals surface area contributed by atoms with Crippen LogP contribution in [0, 0.1) is 17.3 Å². The molecule has 1 saturated heterocycles. The van der Waals surface area contributed by atoms with Gasteiger partial charge >= 0.3 is 18.2 Å². The minimum atomic E-state index is -4.23. The van der Waals surface area contributed by atoms with Gasteiger partial charge in [0.15, 0.2) is 0 Å². The number of alkyl halides is 3. The summed E-state index contributed by atoms with van der Waals surface area (Å²) >= 11 is 0. The van der Waals surface area contributed by atoms with Crippen molar-refractivity contribution in [2.45, 2.75) is 63.6 Å². The van der Waals surface area contributed by atoms with Crippen molar-refractivity contribution in [1.29, 1.82) is 0 Å². The lowest BCUT2D eigenvalue weighted by molar-refractivity contribution is -0.150. The van der Waals surface area contributed by atoms with Gasteiger partial charge in [0.05, 0.1) is 5.41 Å². The summed E-state index contributed by atoms with van der Waals surface area (Å²) < 4.78 is 38.3. The highest BCUT2D eigenvalue weighted by molar-refractivity contribution is 5.80. The van der Waals surface area contributed by atoms with Gasteiger partial charge in [0.2, 0.25) is 0 Å². The van der Waals surface area contributed by atoms with E-state index in [1.165, 1.54) is 4.90 Å². The molecule has 0 aromatic heterocycles. The van der Waals surface area contributed by atoms with Crippen LogP contribution in [0.3, 0.4) is 0 Å². The van der Waals surface area contributed by atoms with Crippen LogP contribution in [0.1, 0.15) is 51.4 Å². The summed E-state index contributed by atoms with van der Waals surface area (Å²) in [5.74, 6) is -1.50. The molecule has 1 aliphatic heterocycles. The van der Waals surface area contributed by atoms with Gasteiger partial charge < -0.3 is 15.3 Å². The number of nitrogens with one attached hydrogen (secondary N) is 1. The number of urea groups is 1. The predicted molar refractivity (Wildman–Crippen MR) is 83.9 cm³/mol. The molecule has 142 valence electrons. The van der Waals surface area contributed by atoms with Crippen LogP contribution in [0.5, 0.6) is 0 Å². The maximum atomic E-state index is 12.8. The van der Waals surface area contributed by atoms with E-state index < -0.39 is 42.0 Å². The van der Waals surface area contributed by atoms with Crippen molar-refractivity contribution in [3.8, 4) is 0 Å². The Balaban J connectivity index is 1.63. The van der Waals surface area contributed by atoms with Gasteiger partial charge in [-0.05, 0) is 37.5 Å². The number of carbonyl (C=O) groups excluding carboxylic acids is 1. The van der Waals surface area contributed by atoms with E-state index >= 15 is 0 Å². The number of fused-ring (bicyclic) bond motifs is 1. The van der Waals surface area contributed by atoms with Crippen LogP contribution >= 0.6 is 0 Å². The molecule has 0 unspecified atom stereocenters. The number of likely N-dealkylation sites (tertiary alicyclic amines) is 1. The molecule has 2 aliphatic carbocycles. The number of halogens is 3. The highest BCUT2D eigenvalue weighted by Gasteiger charge is 2.56. The van der Waals surface area contributed by atoms with Crippen molar-refractivity contribution >= 4 is 12.0 Å². The number of hydrogen-bond donors (Lipinski definition) is 2. The minimum absolute atomic E-state index is 0.0481. The molecule has 3 aliphatic rings. The van der Waals surface area contributed by atoms with E-state index in [1.54, 1.807) is 0 Å². The predicted octanol–water partition coefficient (Wildman–Crippen LogP) is 3.39. The first-order chi connectivity index (χ1) is 11.7. The zero-order valence-corrected chi connectivity index (χ0v) is 14.1. The smallest absolute Gasteiger partial charge is 0.389 e. The molecule has 0 aromatic carbocycles. The number of amides is 2. The van der Waals surface area contributed by atoms with Gasteiger partial charge in [0.1, 0.15) is 0 Å². The molecule has 3 rings (SSSR count). The molecule has 3 fully saturated rings. The molecule has 8 heteroatoms. The van der Waals surface area contributed by atoms with Crippen molar-refractivity contribution < 1.29 is 27.9 Å². The molecule has 1 heterocycles. The fourth-order valence-corrected chi connectivity index (χ4v) is 4.98. The Hall–Kier alpha value is -1.47. The zero-order valence-electron chi connectivity index (χ0n) is 14.1. The van der Waals surface area contributed by atoms with Crippen molar-refractivity contribution in [3.05, 3.63) is 0 Å². The fourth-order valence-electron chi connectivity index (χ4n) is 4.98. The average Bonchev–Trinajstić information content (AvgIpc) is 3.05. The zero-order chi connectivity index (χ0) is 18.2. The average molecular weight is 362 g/mol. The number of aliphatic carboxylic acids is 1. The number of carboxylic acids is 1. The molecule has 4 atom stereocenters. The van der Waals surface area contributed by atoms with E-state index in [0.29, 0.717) is 25.8 Å². The highest BCUT2D eigenvalue weighted by Crippen LogP contribution is 2.49. The molecular formula is C17H25F3N2O3. The maximum absolute atomic E-state index is 12.8. The van der Waals surface area contributed by atoms with Gasteiger partial charge in [-0.1, -0.05) is 19.3 Å². The first-order valence-electron chi connectivity index (χ1n) is 9.07. The molecule has 0 aromatic rings. The van der Waals surface area contributed by atoms with E-state index in [4.69, 9.17) is 0 Å². The van der Waals surface area contributed by atoms with Gasteiger partial charge in [-0.25, -0.2) is 4.79 Å². The number of rotatable bonds is 3. The van der Waals surface area contributed by atoms with Crippen LogP contribution in [-0.2, 0) is 4.79 Å². The Morgan fingerprint density at radius 1 is 1.16 bits per heavy atom. The van der Waals surface area contributed by atoms with Gasteiger partial charge in [0, 0.05) is 25.6 Å². The third-order valence-electron chi connectivity index (χ3n) is 6.30. The van der Waals surface area contributed by atoms with Crippen LogP contribution in [0.15, 0.2) is 0 Å². The molecule has 2 amide bonds. The van der Waals surface area contributed by atoms with Crippen molar-refractivity contribution in [3.63, 3.8) is 0 Å². The molecule has 25 heavy (non-hydrogen) atoms. The summed E-state index contributed by atoms with van der Waals surface area (Å²) in [5.41, 5.74) is -0.866. The van der Waals surface area contributed by atoms with E-state index in [1.807, 2.05) is 0 Å². The van der Waals surface area contributed by atoms with Crippen molar-refractivity contribution in [1.82, 2.24) is 10.2 Å². The molecule has 2 saturated carbocycles. The summed E-state index contributed by atoms with van der Waals surface area (Å²) in [6, 6.07) is -0.891. The number of carbonyl (C=O) groups is 2. The second-order valence-electron chi connectivity index (χ2n) is 7.85. The SMILES string of the molecule is O=C(N[C@H]1CCCC[C@H]1CC(F)(F)F)N1C[C@@H]2CCC[C@@]2(C(=O)O)C1. The third kappa shape index (κ3) is 3.72. The Kier molecular flexibility index (Phi) is 4.90. The lowest BCUT2D eigenvalue weighted by atomic mass is 9.81. The normalized spacial score (nSPS) is 35.5. The maximum Gasteiger partial charge on any atom is 0.389 e. The number of carboxylic acid groups (broad SMARTS) is 1.